The van der Waals surface area contributed by atoms with E-state index in [1.165, 1.54) is 17.4 Å². The Bertz CT molecular complexity index is 613. The first-order chi connectivity index (χ1) is 8.52. The molecule has 0 bridgehead atoms. The van der Waals surface area contributed by atoms with Crippen LogP contribution in [0.1, 0.15) is 11.3 Å². The number of nitro groups is 1. The summed E-state index contributed by atoms with van der Waals surface area (Å²) in [4.78, 5) is 14.7. The van der Waals surface area contributed by atoms with E-state index in [9.17, 15) is 10.1 Å². The third-order valence-corrected chi connectivity index (χ3v) is 4.07. The van der Waals surface area contributed by atoms with E-state index in [2.05, 4.69) is 4.98 Å². The van der Waals surface area contributed by atoms with Crippen molar-refractivity contribution < 1.29 is 4.92 Å². The minimum absolute atomic E-state index is 0.0752. The highest BCUT2D eigenvalue weighted by atomic mass is 35.5. The topological polar surface area (TPSA) is 56.0 Å². The van der Waals surface area contributed by atoms with Gasteiger partial charge in [0.05, 0.1) is 16.5 Å². The first kappa shape index (κ1) is 13.3. The molecular weight excluding hydrogens is 295 g/mol. The Labute approximate surface area is 117 Å². The lowest BCUT2D eigenvalue weighted by Crippen LogP contribution is -1.92. The zero-order valence-electron chi connectivity index (χ0n) is 9.31. The molecule has 4 nitrogen and oxygen atoms in total. The summed E-state index contributed by atoms with van der Waals surface area (Å²) in [6, 6.07) is 4.99. The highest BCUT2D eigenvalue weighted by molar-refractivity contribution is 7.19. The molecule has 0 saturated carbocycles. The minimum atomic E-state index is -0.406. The molecule has 0 spiro atoms. The van der Waals surface area contributed by atoms with Crippen LogP contribution in [-0.4, -0.2) is 9.91 Å². The van der Waals surface area contributed by atoms with Crippen molar-refractivity contribution in [2.24, 2.45) is 0 Å². The van der Waals surface area contributed by atoms with E-state index in [1.54, 1.807) is 19.1 Å². The van der Waals surface area contributed by atoms with Crippen LogP contribution >= 0.6 is 34.5 Å². The molecule has 94 valence electrons. The van der Waals surface area contributed by atoms with E-state index in [1.807, 2.05) is 0 Å². The van der Waals surface area contributed by atoms with Crippen LogP contribution < -0.4 is 0 Å². The Morgan fingerprint density at radius 2 is 2.22 bits per heavy atom. The number of thiazole rings is 1. The van der Waals surface area contributed by atoms with Gasteiger partial charge in [0.2, 0.25) is 0 Å². The Hall–Kier alpha value is -1.17. The molecule has 0 atom stereocenters. The predicted octanol–water partition coefficient (Wildman–Crippen LogP) is 4.42. The van der Waals surface area contributed by atoms with Crippen molar-refractivity contribution in [1.29, 1.82) is 0 Å². The van der Waals surface area contributed by atoms with Crippen LogP contribution in [0, 0.1) is 17.0 Å². The maximum atomic E-state index is 10.9. The number of benzene rings is 1. The fraction of sp³-hybridized carbons (Fsp3) is 0.182. The number of halogens is 2. The lowest BCUT2D eigenvalue weighted by atomic mass is 10.1. The number of rotatable bonds is 3. The monoisotopic (exact) mass is 302 g/mol. The largest absolute Gasteiger partial charge is 0.273 e. The number of aryl methyl sites for hydroxylation is 1. The van der Waals surface area contributed by atoms with Crippen molar-refractivity contribution in [3.05, 3.63) is 43.9 Å². The number of nitro benzene ring substituents is 1. The Morgan fingerprint density at radius 3 is 2.78 bits per heavy atom. The Kier molecular flexibility index (Phi) is 3.85. The molecule has 0 saturated heterocycles. The van der Waals surface area contributed by atoms with Gasteiger partial charge in [-0.2, -0.15) is 0 Å². The van der Waals surface area contributed by atoms with Gasteiger partial charge in [-0.05, 0) is 6.92 Å². The first-order valence-electron chi connectivity index (χ1n) is 4.99. The van der Waals surface area contributed by atoms with E-state index in [-0.39, 0.29) is 11.6 Å². The van der Waals surface area contributed by atoms with Crippen molar-refractivity contribution in [1.82, 2.24) is 4.98 Å². The van der Waals surface area contributed by atoms with Crippen LogP contribution in [0.15, 0.2) is 18.2 Å². The van der Waals surface area contributed by atoms with Crippen molar-refractivity contribution in [3.8, 4) is 10.6 Å². The van der Waals surface area contributed by atoms with Crippen LogP contribution in [0.5, 0.6) is 0 Å². The Morgan fingerprint density at radius 1 is 1.50 bits per heavy atom. The van der Waals surface area contributed by atoms with Crippen molar-refractivity contribution >= 4 is 40.2 Å². The average Bonchev–Trinajstić information content (AvgIpc) is 2.70. The zero-order valence-corrected chi connectivity index (χ0v) is 11.6. The van der Waals surface area contributed by atoms with E-state index < -0.39 is 4.92 Å². The zero-order chi connectivity index (χ0) is 13.3. The molecule has 0 aliphatic rings. The molecule has 1 aromatic carbocycles. The van der Waals surface area contributed by atoms with Crippen molar-refractivity contribution in [2.75, 3.05) is 0 Å². The molecule has 0 amide bonds. The molecule has 1 aromatic heterocycles. The van der Waals surface area contributed by atoms with Crippen LogP contribution in [0.25, 0.3) is 10.6 Å². The maximum absolute atomic E-state index is 10.9. The third-order valence-electron chi connectivity index (χ3n) is 2.43. The van der Waals surface area contributed by atoms with E-state index >= 15 is 0 Å². The maximum Gasteiger partial charge on any atom is 0.273 e. The highest BCUT2D eigenvalue weighted by Crippen LogP contribution is 2.34. The molecule has 2 rings (SSSR count). The quantitative estimate of drug-likeness (QED) is 0.479. The summed E-state index contributed by atoms with van der Waals surface area (Å²) in [5.74, 6) is 0.225. The van der Waals surface area contributed by atoms with Crippen LogP contribution in [0.4, 0.5) is 5.69 Å². The van der Waals surface area contributed by atoms with Crippen molar-refractivity contribution in [3.63, 3.8) is 0 Å². The number of hydrogen-bond donors (Lipinski definition) is 0. The molecule has 7 heteroatoms. The fourth-order valence-corrected chi connectivity index (χ4v) is 2.95. The summed E-state index contributed by atoms with van der Waals surface area (Å²) < 4.78 is 0.517. The third kappa shape index (κ3) is 2.48. The molecule has 18 heavy (non-hydrogen) atoms. The molecule has 0 N–H and O–H groups in total. The summed E-state index contributed by atoms with van der Waals surface area (Å²) in [5.41, 5.74) is 1.97. The second-order valence-electron chi connectivity index (χ2n) is 3.63. The second kappa shape index (κ2) is 5.22. The van der Waals surface area contributed by atoms with Crippen LogP contribution in [0.3, 0.4) is 0 Å². The van der Waals surface area contributed by atoms with Crippen molar-refractivity contribution in [2.45, 2.75) is 12.8 Å². The molecule has 0 fully saturated rings. The van der Waals surface area contributed by atoms with Gasteiger partial charge in [0.15, 0.2) is 0 Å². The molecular formula is C11H8Cl2N2O2S. The van der Waals surface area contributed by atoms with Gasteiger partial charge in [-0.25, -0.2) is 4.98 Å². The summed E-state index contributed by atoms with van der Waals surface area (Å²) in [6.45, 7) is 1.70. The lowest BCUT2D eigenvalue weighted by molar-refractivity contribution is -0.385. The van der Waals surface area contributed by atoms with Gasteiger partial charge in [-0.3, -0.25) is 10.1 Å². The molecule has 0 unspecified atom stereocenters. The van der Waals surface area contributed by atoms with Gasteiger partial charge in [-0.15, -0.1) is 22.9 Å². The predicted molar refractivity (Wildman–Crippen MR) is 73.5 cm³/mol. The van der Waals surface area contributed by atoms with Gasteiger partial charge in [-0.1, -0.05) is 23.7 Å². The van der Waals surface area contributed by atoms with Crippen LogP contribution in [-0.2, 0) is 5.88 Å². The summed E-state index contributed by atoms with van der Waals surface area (Å²) in [6.07, 6.45) is 0. The summed E-state index contributed by atoms with van der Waals surface area (Å²) in [5, 5.41) is 11.5. The van der Waals surface area contributed by atoms with Gasteiger partial charge < -0.3 is 0 Å². The lowest BCUT2D eigenvalue weighted by Gasteiger charge is -1.99. The molecule has 0 aliphatic heterocycles. The first-order valence-corrected chi connectivity index (χ1v) is 6.72. The number of aromatic nitrogens is 1. The normalized spacial score (nSPS) is 10.6. The smallest absolute Gasteiger partial charge is 0.258 e. The summed E-state index contributed by atoms with van der Waals surface area (Å²) in [7, 11) is 0. The molecule has 0 aliphatic carbocycles. The average molecular weight is 303 g/mol. The molecule has 0 radical (unpaired) electrons. The number of nitrogens with zero attached hydrogens (tertiary/aromatic N) is 2. The number of hydrogen-bond acceptors (Lipinski definition) is 4. The van der Waals surface area contributed by atoms with Gasteiger partial charge in [0, 0.05) is 17.2 Å². The Balaban J connectivity index is 2.50. The molecule has 1 heterocycles. The minimum Gasteiger partial charge on any atom is -0.258 e. The number of alkyl halides is 1. The van der Waals surface area contributed by atoms with Gasteiger partial charge >= 0.3 is 0 Å². The van der Waals surface area contributed by atoms with E-state index in [0.717, 1.165) is 0 Å². The second-order valence-corrected chi connectivity index (χ2v) is 5.50. The molecule has 2 aromatic rings. The van der Waals surface area contributed by atoms with E-state index in [0.29, 0.717) is 26.2 Å². The highest BCUT2D eigenvalue weighted by Gasteiger charge is 2.15. The fourth-order valence-electron chi connectivity index (χ4n) is 1.48. The van der Waals surface area contributed by atoms with E-state index in [4.69, 9.17) is 23.2 Å². The standard InChI is InChI=1S/C11H8Cl2N2O2S/c1-6-2-3-7(4-9(6)15(16)17)11-14-8(5-12)10(13)18-11/h2-4H,5H2,1H3. The SMILES string of the molecule is Cc1ccc(-c2nc(CCl)c(Cl)s2)cc1[N+](=O)[O-]. The van der Waals surface area contributed by atoms with Crippen LogP contribution in [0.2, 0.25) is 4.34 Å². The van der Waals surface area contributed by atoms with Gasteiger partial charge in [0.25, 0.3) is 5.69 Å². The van der Waals surface area contributed by atoms with Gasteiger partial charge in [0.1, 0.15) is 9.34 Å². The summed E-state index contributed by atoms with van der Waals surface area (Å²) >= 11 is 12.9.